The van der Waals surface area contributed by atoms with Crippen LogP contribution in [0.15, 0.2) is 30.3 Å². The maximum atomic E-state index is 11.7. The van der Waals surface area contributed by atoms with E-state index >= 15 is 0 Å². The van der Waals surface area contributed by atoms with Crippen LogP contribution in [0.25, 0.3) is 0 Å². The molecule has 1 aromatic carbocycles. The number of nitrogens with one attached hydrogen (secondary N) is 2. The summed E-state index contributed by atoms with van der Waals surface area (Å²) in [5, 5.41) is 6.08. The van der Waals surface area contributed by atoms with Crippen molar-refractivity contribution in [3.05, 3.63) is 35.9 Å². The summed E-state index contributed by atoms with van der Waals surface area (Å²) in [6, 6.07) is 9.94. The Balaban J connectivity index is 1.51. The average Bonchev–Trinajstić information content (AvgIpc) is 2.52. The minimum Gasteiger partial charge on any atom is -0.378 e. The summed E-state index contributed by atoms with van der Waals surface area (Å²) in [5.41, 5.74) is 1.12. The van der Waals surface area contributed by atoms with Gasteiger partial charge in [-0.15, -0.1) is 0 Å². The third-order valence-corrected chi connectivity index (χ3v) is 3.54. The first-order chi connectivity index (χ1) is 9.84. The average molecular weight is 276 g/mol. The normalized spacial score (nSPS) is 18.7. The van der Waals surface area contributed by atoms with Crippen molar-refractivity contribution in [1.29, 1.82) is 0 Å². The lowest BCUT2D eigenvalue weighted by atomic mass is 10.1. The zero-order valence-corrected chi connectivity index (χ0v) is 11.9. The number of carbonyl (C=O) groups excluding carboxylic acids is 1. The van der Waals surface area contributed by atoms with Gasteiger partial charge in [-0.3, -0.25) is 4.79 Å². The Morgan fingerprint density at radius 2 is 2.10 bits per heavy atom. The Morgan fingerprint density at radius 3 is 2.85 bits per heavy atom. The molecular formula is C16H24N2O2. The van der Waals surface area contributed by atoms with Gasteiger partial charge in [-0.1, -0.05) is 30.3 Å². The SMILES string of the molecule is O=C(CNCCC1CCCCO1)NCc1ccccc1. The maximum absolute atomic E-state index is 11.7. The molecule has 1 aliphatic rings. The summed E-state index contributed by atoms with van der Waals surface area (Å²) >= 11 is 0. The fourth-order valence-electron chi connectivity index (χ4n) is 2.36. The topological polar surface area (TPSA) is 50.4 Å². The fourth-order valence-corrected chi connectivity index (χ4v) is 2.36. The summed E-state index contributed by atoms with van der Waals surface area (Å²) in [6.45, 7) is 2.69. The van der Waals surface area contributed by atoms with Gasteiger partial charge < -0.3 is 15.4 Å². The molecular weight excluding hydrogens is 252 g/mol. The number of ether oxygens (including phenoxy) is 1. The van der Waals surface area contributed by atoms with Gasteiger partial charge in [0.15, 0.2) is 0 Å². The molecule has 20 heavy (non-hydrogen) atoms. The second kappa shape index (κ2) is 8.72. The van der Waals surface area contributed by atoms with E-state index in [1.807, 2.05) is 30.3 Å². The molecule has 110 valence electrons. The summed E-state index contributed by atoms with van der Waals surface area (Å²) < 4.78 is 5.65. The maximum Gasteiger partial charge on any atom is 0.234 e. The smallest absolute Gasteiger partial charge is 0.234 e. The van der Waals surface area contributed by atoms with Crippen LogP contribution in [0.1, 0.15) is 31.2 Å². The minimum atomic E-state index is 0.0402. The Kier molecular flexibility index (Phi) is 6.54. The molecule has 1 aromatic rings. The molecule has 2 N–H and O–H groups in total. The zero-order valence-electron chi connectivity index (χ0n) is 11.9. The molecule has 2 rings (SSSR count). The van der Waals surface area contributed by atoms with E-state index in [2.05, 4.69) is 10.6 Å². The van der Waals surface area contributed by atoms with Gasteiger partial charge in [-0.05, 0) is 37.8 Å². The molecule has 0 spiro atoms. The van der Waals surface area contributed by atoms with Crippen LogP contribution in [0.5, 0.6) is 0 Å². The van der Waals surface area contributed by atoms with E-state index in [0.717, 1.165) is 31.6 Å². The fraction of sp³-hybridized carbons (Fsp3) is 0.562. The van der Waals surface area contributed by atoms with Crippen molar-refractivity contribution in [2.24, 2.45) is 0 Å². The van der Waals surface area contributed by atoms with E-state index in [1.54, 1.807) is 0 Å². The minimum absolute atomic E-state index is 0.0402. The van der Waals surface area contributed by atoms with Gasteiger partial charge in [-0.25, -0.2) is 0 Å². The lowest BCUT2D eigenvalue weighted by Crippen LogP contribution is -2.35. The zero-order chi connectivity index (χ0) is 14.0. The Labute approximate surface area is 120 Å². The first kappa shape index (κ1) is 15.0. The highest BCUT2D eigenvalue weighted by atomic mass is 16.5. The van der Waals surface area contributed by atoms with Crippen LogP contribution in [-0.4, -0.2) is 31.7 Å². The monoisotopic (exact) mass is 276 g/mol. The second-order valence-electron chi connectivity index (χ2n) is 5.22. The van der Waals surface area contributed by atoms with E-state index in [-0.39, 0.29) is 5.91 Å². The summed E-state index contributed by atoms with van der Waals surface area (Å²) in [5.74, 6) is 0.0402. The lowest BCUT2D eigenvalue weighted by molar-refractivity contribution is -0.120. The highest BCUT2D eigenvalue weighted by Crippen LogP contribution is 2.14. The molecule has 1 aliphatic heterocycles. The molecule has 0 aromatic heterocycles. The largest absolute Gasteiger partial charge is 0.378 e. The first-order valence-electron chi connectivity index (χ1n) is 7.47. The van der Waals surface area contributed by atoms with E-state index in [9.17, 15) is 4.79 Å². The first-order valence-corrected chi connectivity index (χ1v) is 7.47. The third-order valence-electron chi connectivity index (χ3n) is 3.54. The van der Waals surface area contributed by atoms with Crippen LogP contribution in [0.4, 0.5) is 0 Å². The molecule has 1 saturated heterocycles. The summed E-state index contributed by atoms with van der Waals surface area (Å²) in [7, 11) is 0. The molecule has 1 atom stereocenters. The predicted octanol–water partition coefficient (Wildman–Crippen LogP) is 1.85. The van der Waals surface area contributed by atoms with E-state index in [0.29, 0.717) is 19.2 Å². The van der Waals surface area contributed by atoms with Gasteiger partial charge >= 0.3 is 0 Å². The van der Waals surface area contributed by atoms with E-state index in [4.69, 9.17) is 4.74 Å². The molecule has 0 bridgehead atoms. The molecule has 4 nitrogen and oxygen atoms in total. The van der Waals surface area contributed by atoms with Gasteiger partial charge in [-0.2, -0.15) is 0 Å². The summed E-state index contributed by atoms with van der Waals surface area (Å²) in [6.07, 6.45) is 4.98. The Bertz CT molecular complexity index is 389. The van der Waals surface area contributed by atoms with Crippen molar-refractivity contribution < 1.29 is 9.53 Å². The second-order valence-corrected chi connectivity index (χ2v) is 5.22. The molecule has 0 aliphatic carbocycles. The molecule has 0 saturated carbocycles. The lowest BCUT2D eigenvalue weighted by Gasteiger charge is -2.22. The summed E-state index contributed by atoms with van der Waals surface area (Å²) in [4.78, 5) is 11.7. The third kappa shape index (κ3) is 5.72. The van der Waals surface area contributed by atoms with Crippen LogP contribution in [0.2, 0.25) is 0 Å². The highest BCUT2D eigenvalue weighted by Gasteiger charge is 2.13. The van der Waals surface area contributed by atoms with Crippen LogP contribution < -0.4 is 10.6 Å². The number of amides is 1. The van der Waals surface area contributed by atoms with E-state index in [1.165, 1.54) is 12.8 Å². The van der Waals surface area contributed by atoms with Crippen LogP contribution in [0, 0.1) is 0 Å². The van der Waals surface area contributed by atoms with Crippen LogP contribution in [0.3, 0.4) is 0 Å². The number of hydrogen-bond donors (Lipinski definition) is 2. The highest BCUT2D eigenvalue weighted by molar-refractivity contribution is 5.77. The van der Waals surface area contributed by atoms with Gasteiger partial charge in [0.2, 0.25) is 5.91 Å². The van der Waals surface area contributed by atoms with Crippen molar-refractivity contribution in [3.8, 4) is 0 Å². The number of carbonyl (C=O) groups is 1. The van der Waals surface area contributed by atoms with Gasteiger partial charge in [0, 0.05) is 13.2 Å². The molecule has 1 amide bonds. The molecule has 1 heterocycles. The Hall–Kier alpha value is -1.39. The van der Waals surface area contributed by atoms with Gasteiger partial charge in [0.05, 0.1) is 12.6 Å². The van der Waals surface area contributed by atoms with Crippen molar-refractivity contribution in [1.82, 2.24) is 10.6 Å². The Morgan fingerprint density at radius 1 is 1.25 bits per heavy atom. The van der Waals surface area contributed by atoms with Crippen molar-refractivity contribution in [2.45, 2.75) is 38.3 Å². The van der Waals surface area contributed by atoms with Gasteiger partial charge in [0.25, 0.3) is 0 Å². The van der Waals surface area contributed by atoms with Gasteiger partial charge in [0.1, 0.15) is 0 Å². The molecule has 1 fully saturated rings. The number of benzene rings is 1. The molecule has 4 heteroatoms. The standard InChI is InChI=1S/C16H24N2O2/c19-16(18-12-14-6-2-1-3-7-14)13-17-10-9-15-8-4-5-11-20-15/h1-3,6-7,15,17H,4-5,8-13H2,(H,18,19). The quantitative estimate of drug-likeness (QED) is 0.747. The molecule has 1 unspecified atom stereocenters. The van der Waals surface area contributed by atoms with Crippen molar-refractivity contribution >= 4 is 5.91 Å². The van der Waals surface area contributed by atoms with Crippen molar-refractivity contribution in [2.75, 3.05) is 19.7 Å². The number of hydrogen-bond acceptors (Lipinski definition) is 3. The van der Waals surface area contributed by atoms with Crippen LogP contribution >= 0.6 is 0 Å². The van der Waals surface area contributed by atoms with Crippen LogP contribution in [-0.2, 0) is 16.1 Å². The number of rotatable bonds is 7. The van der Waals surface area contributed by atoms with Crippen molar-refractivity contribution in [3.63, 3.8) is 0 Å². The van der Waals surface area contributed by atoms with E-state index < -0.39 is 0 Å². The molecule has 0 radical (unpaired) electrons. The predicted molar refractivity (Wildman–Crippen MR) is 79.4 cm³/mol.